The number of carbonyl (C=O) groups excluding carboxylic acids is 1. The Labute approximate surface area is 144 Å². The van der Waals surface area contributed by atoms with Crippen molar-refractivity contribution in [3.8, 4) is 0 Å². The predicted octanol–water partition coefficient (Wildman–Crippen LogP) is 2.09. The maximum absolute atomic E-state index is 12.3. The standard InChI is InChI=1S/C19H28N2O3/c1-2-23-14-16-8-6-15(7-9-16)12-20-19(22)13-21-10-11-24-18-5-3-4-17(18)21/h6-9,17-18H,2-5,10-14H2,1H3,(H,20,22)/t17-,18+/m0/s1. The molecule has 0 aromatic heterocycles. The van der Waals surface area contributed by atoms with Gasteiger partial charge in [-0.1, -0.05) is 24.3 Å². The smallest absolute Gasteiger partial charge is 0.234 e. The molecule has 1 saturated carbocycles. The van der Waals surface area contributed by atoms with Crippen LogP contribution in [-0.2, 0) is 27.4 Å². The molecule has 1 amide bonds. The highest BCUT2D eigenvalue weighted by molar-refractivity contribution is 5.78. The number of rotatable bonds is 7. The van der Waals surface area contributed by atoms with Gasteiger partial charge in [-0.15, -0.1) is 0 Å². The topological polar surface area (TPSA) is 50.8 Å². The fourth-order valence-corrected chi connectivity index (χ4v) is 3.62. The molecule has 0 bridgehead atoms. The summed E-state index contributed by atoms with van der Waals surface area (Å²) >= 11 is 0. The zero-order valence-corrected chi connectivity index (χ0v) is 14.5. The first-order chi connectivity index (χ1) is 11.8. The van der Waals surface area contributed by atoms with Gasteiger partial charge in [0.2, 0.25) is 5.91 Å². The number of nitrogens with one attached hydrogen (secondary N) is 1. The zero-order valence-electron chi connectivity index (χ0n) is 14.5. The van der Waals surface area contributed by atoms with Crippen molar-refractivity contribution < 1.29 is 14.3 Å². The number of ether oxygens (including phenoxy) is 2. The van der Waals surface area contributed by atoms with E-state index in [1.54, 1.807) is 0 Å². The minimum absolute atomic E-state index is 0.0981. The van der Waals surface area contributed by atoms with Crippen LogP contribution in [0.5, 0.6) is 0 Å². The molecule has 24 heavy (non-hydrogen) atoms. The Morgan fingerprint density at radius 3 is 2.88 bits per heavy atom. The van der Waals surface area contributed by atoms with Gasteiger partial charge >= 0.3 is 0 Å². The highest BCUT2D eigenvalue weighted by atomic mass is 16.5. The Morgan fingerprint density at radius 2 is 2.08 bits per heavy atom. The lowest BCUT2D eigenvalue weighted by molar-refractivity contribution is -0.126. The molecule has 0 spiro atoms. The van der Waals surface area contributed by atoms with Gasteiger partial charge in [0.15, 0.2) is 0 Å². The van der Waals surface area contributed by atoms with E-state index < -0.39 is 0 Å². The molecule has 2 aliphatic rings. The summed E-state index contributed by atoms with van der Waals surface area (Å²) in [5.74, 6) is 0.0981. The molecule has 2 atom stereocenters. The molecular weight excluding hydrogens is 304 g/mol. The van der Waals surface area contributed by atoms with E-state index in [1.165, 1.54) is 6.42 Å². The molecule has 3 rings (SSSR count). The van der Waals surface area contributed by atoms with Crippen molar-refractivity contribution in [2.24, 2.45) is 0 Å². The van der Waals surface area contributed by atoms with Crippen LogP contribution in [0.3, 0.4) is 0 Å². The summed E-state index contributed by atoms with van der Waals surface area (Å²) in [6, 6.07) is 8.65. The molecular formula is C19H28N2O3. The fraction of sp³-hybridized carbons (Fsp3) is 0.632. The number of carbonyl (C=O) groups is 1. The molecule has 1 aromatic carbocycles. The van der Waals surface area contributed by atoms with Crippen molar-refractivity contribution in [2.45, 2.75) is 51.5 Å². The Balaban J connectivity index is 1.43. The number of hydrogen-bond donors (Lipinski definition) is 1. The van der Waals surface area contributed by atoms with Gasteiger partial charge in [0, 0.05) is 25.7 Å². The van der Waals surface area contributed by atoms with E-state index in [1.807, 2.05) is 6.92 Å². The van der Waals surface area contributed by atoms with Gasteiger partial charge in [0.1, 0.15) is 0 Å². The number of morpholine rings is 1. The van der Waals surface area contributed by atoms with Crippen LogP contribution in [0.2, 0.25) is 0 Å². The molecule has 1 aliphatic heterocycles. The Morgan fingerprint density at radius 1 is 1.29 bits per heavy atom. The molecule has 0 unspecified atom stereocenters. The van der Waals surface area contributed by atoms with Gasteiger partial charge in [-0.2, -0.15) is 0 Å². The predicted molar refractivity (Wildman–Crippen MR) is 92.6 cm³/mol. The maximum atomic E-state index is 12.3. The third-order valence-corrected chi connectivity index (χ3v) is 4.93. The van der Waals surface area contributed by atoms with Crippen LogP contribution in [0.15, 0.2) is 24.3 Å². The molecule has 1 saturated heterocycles. The molecule has 1 N–H and O–H groups in total. The van der Waals surface area contributed by atoms with Crippen molar-refractivity contribution in [1.82, 2.24) is 10.2 Å². The van der Waals surface area contributed by atoms with Gasteiger partial charge in [0.25, 0.3) is 0 Å². The first-order valence-electron chi connectivity index (χ1n) is 9.04. The second-order valence-corrected chi connectivity index (χ2v) is 6.61. The van der Waals surface area contributed by atoms with Crippen molar-refractivity contribution in [2.75, 3.05) is 26.3 Å². The van der Waals surface area contributed by atoms with Gasteiger partial charge in [-0.3, -0.25) is 9.69 Å². The molecule has 5 nitrogen and oxygen atoms in total. The average molecular weight is 332 g/mol. The lowest BCUT2D eigenvalue weighted by Gasteiger charge is -2.37. The summed E-state index contributed by atoms with van der Waals surface area (Å²) in [6.45, 7) is 6.02. The van der Waals surface area contributed by atoms with E-state index >= 15 is 0 Å². The van der Waals surface area contributed by atoms with Crippen LogP contribution >= 0.6 is 0 Å². The van der Waals surface area contributed by atoms with Crippen LogP contribution in [0.1, 0.15) is 37.3 Å². The highest BCUT2D eigenvalue weighted by Gasteiger charge is 2.36. The van der Waals surface area contributed by atoms with E-state index in [-0.39, 0.29) is 5.91 Å². The van der Waals surface area contributed by atoms with Crippen molar-refractivity contribution >= 4 is 5.91 Å². The second kappa shape index (κ2) is 8.60. The average Bonchev–Trinajstić information content (AvgIpc) is 3.09. The summed E-state index contributed by atoms with van der Waals surface area (Å²) in [7, 11) is 0. The SMILES string of the molecule is CCOCc1ccc(CNC(=O)CN2CCO[C@@H]3CCC[C@@H]32)cc1. The third kappa shape index (κ3) is 4.56. The normalized spacial score (nSPS) is 23.9. The summed E-state index contributed by atoms with van der Waals surface area (Å²) in [5.41, 5.74) is 2.27. The molecule has 5 heteroatoms. The molecule has 1 aliphatic carbocycles. The van der Waals surface area contributed by atoms with Crippen LogP contribution in [0.4, 0.5) is 0 Å². The lowest BCUT2D eigenvalue weighted by atomic mass is 10.1. The number of amides is 1. The maximum Gasteiger partial charge on any atom is 0.234 e. The van der Waals surface area contributed by atoms with Crippen LogP contribution in [-0.4, -0.2) is 49.3 Å². The minimum Gasteiger partial charge on any atom is -0.377 e. The summed E-state index contributed by atoms with van der Waals surface area (Å²) < 4.78 is 11.2. The molecule has 0 radical (unpaired) electrons. The first-order valence-corrected chi connectivity index (χ1v) is 9.04. The number of hydrogen-bond acceptors (Lipinski definition) is 4. The first kappa shape index (κ1) is 17.4. The van der Waals surface area contributed by atoms with Gasteiger partial charge in [-0.05, 0) is 37.3 Å². The lowest BCUT2D eigenvalue weighted by Crippen LogP contribution is -2.51. The Kier molecular flexibility index (Phi) is 6.24. The largest absolute Gasteiger partial charge is 0.377 e. The fourth-order valence-electron chi connectivity index (χ4n) is 3.62. The Bertz CT molecular complexity index is 532. The summed E-state index contributed by atoms with van der Waals surface area (Å²) in [5, 5.41) is 3.04. The van der Waals surface area contributed by atoms with Crippen LogP contribution in [0, 0.1) is 0 Å². The Hall–Kier alpha value is -1.43. The van der Waals surface area contributed by atoms with Gasteiger partial charge in [0.05, 0.1) is 25.9 Å². The summed E-state index contributed by atoms with van der Waals surface area (Å²) in [4.78, 5) is 14.6. The van der Waals surface area contributed by atoms with E-state index in [0.717, 1.165) is 43.7 Å². The van der Waals surface area contributed by atoms with E-state index in [0.29, 0.717) is 31.8 Å². The highest BCUT2D eigenvalue weighted by Crippen LogP contribution is 2.29. The molecule has 1 heterocycles. The van der Waals surface area contributed by atoms with E-state index in [2.05, 4.69) is 34.5 Å². The van der Waals surface area contributed by atoms with Crippen molar-refractivity contribution in [3.63, 3.8) is 0 Å². The molecule has 2 fully saturated rings. The van der Waals surface area contributed by atoms with E-state index in [4.69, 9.17) is 9.47 Å². The number of benzene rings is 1. The second-order valence-electron chi connectivity index (χ2n) is 6.61. The number of fused-ring (bicyclic) bond motifs is 1. The quantitative estimate of drug-likeness (QED) is 0.831. The summed E-state index contributed by atoms with van der Waals surface area (Å²) in [6.07, 6.45) is 3.84. The molecule has 132 valence electrons. The van der Waals surface area contributed by atoms with E-state index in [9.17, 15) is 4.79 Å². The monoisotopic (exact) mass is 332 g/mol. The molecule has 1 aromatic rings. The van der Waals surface area contributed by atoms with Gasteiger partial charge in [-0.25, -0.2) is 0 Å². The number of nitrogens with zero attached hydrogens (tertiary/aromatic N) is 1. The van der Waals surface area contributed by atoms with Crippen molar-refractivity contribution in [3.05, 3.63) is 35.4 Å². The van der Waals surface area contributed by atoms with Crippen molar-refractivity contribution in [1.29, 1.82) is 0 Å². The third-order valence-electron chi connectivity index (χ3n) is 4.93. The minimum atomic E-state index is 0.0981. The van der Waals surface area contributed by atoms with Crippen LogP contribution < -0.4 is 5.32 Å². The van der Waals surface area contributed by atoms with Gasteiger partial charge < -0.3 is 14.8 Å². The zero-order chi connectivity index (χ0) is 16.8. The van der Waals surface area contributed by atoms with Crippen LogP contribution in [0.25, 0.3) is 0 Å².